The van der Waals surface area contributed by atoms with E-state index in [9.17, 15) is 12.8 Å². The molecule has 0 atom stereocenters. The van der Waals surface area contributed by atoms with Crippen molar-refractivity contribution in [3.8, 4) is 0 Å². The van der Waals surface area contributed by atoms with Gasteiger partial charge in [-0.3, -0.25) is 4.72 Å². The van der Waals surface area contributed by atoms with Crippen molar-refractivity contribution in [3.05, 3.63) is 59.9 Å². The predicted octanol–water partition coefficient (Wildman–Crippen LogP) is 2.51. The highest BCUT2D eigenvalue weighted by molar-refractivity contribution is 7.92. The molecular weight excluding hydrogens is 303 g/mol. The van der Waals surface area contributed by atoms with Crippen LogP contribution in [0, 0.1) is 5.82 Å². The summed E-state index contributed by atoms with van der Waals surface area (Å²) in [5.74, 6) is -0.515. The smallest absolute Gasteiger partial charge is 0.262 e. The number of para-hydroxylation sites is 1. The molecule has 0 fully saturated rings. The van der Waals surface area contributed by atoms with E-state index in [0.717, 1.165) is 12.1 Å². The lowest BCUT2D eigenvalue weighted by Crippen LogP contribution is -2.16. The molecule has 0 heterocycles. The third-order valence-corrected chi connectivity index (χ3v) is 4.04. The summed E-state index contributed by atoms with van der Waals surface area (Å²) in [5.41, 5.74) is 6.13. The summed E-state index contributed by atoms with van der Waals surface area (Å²) in [6.07, 6.45) is 0. The zero-order valence-corrected chi connectivity index (χ0v) is 12.0. The third-order valence-electron chi connectivity index (χ3n) is 2.56. The van der Waals surface area contributed by atoms with Gasteiger partial charge in [0.15, 0.2) is 0 Å². The lowest BCUT2D eigenvalue weighted by molar-refractivity contribution is 0.597. The first-order valence-corrected chi connectivity index (χ1v) is 7.07. The van der Waals surface area contributed by atoms with E-state index >= 15 is 0 Å². The Labute approximate surface area is 123 Å². The maximum Gasteiger partial charge on any atom is 0.262 e. The summed E-state index contributed by atoms with van der Waals surface area (Å²) < 4.78 is 39.9. The number of hydrogen-bond donors (Lipinski definition) is 2. The molecule has 0 aliphatic heterocycles. The van der Waals surface area contributed by atoms with Crippen LogP contribution in [0.15, 0.2) is 53.4 Å². The number of anilines is 1. The highest BCUT2D eigenvalue weighted by Gasteiger charge is 2.18. The van der Waals surface area contributed by atoms with Crippen LogP contribution in [-0.2, 0) is 16.6 Å². The monoisotopic (exact) mass is 316 g/mol. The fraction of sp³-hybridized carbons (Fsp3) is 0.0769. The molecular formula is C13H14ClFN2O2S. The Morgan fingerprint density at radius 1 is 1.10 bits per heavy atom. The normalized spacial score (nSPS) is 10.7. The van der Waals surface area contributed by atoms with Crippen LogP contribution in [-0.4, -0.2) is 8.42 Å². The van der Waals surface area contributed by atoms with Gasteiger partial charge in [-0.15, -0.1) is 12.4 Å². The molecule has 7 heteroatoms. The van der Waals surface area contributed by atoms with Gasteiger partial charge in [-0.2, -0.15) is 0 Å². The molecule has 0 spiro atoms. The van der Waals surface area contributed by atoms with Crippen LogP contribution in [0.25, 0.3) is 0 Å². The molecule has 0 saturated carbocycles. The van der Waals surface area contributed by atoms with Gasteiger partial charge in [0.2, 0.25) is 0 Å². The van der Waals surface area contributed by atoms with E-state index in [1.165, 1.54) is 6.07 Å². The predicted molar refractivity (Wildman–Crippen MR) is 78.8 cm³/mol. The van der Waals surface area contributed by atoms with Crippen LogP contribution in [0.4, 0.5) is 10.1 Å². The highest BCUT2D eigenvalue weighted by atomic mass is 35.5. The van der Waals surface area contributed by atoms with E-state index in [2.05, 4.69) is 4.72 Å². The Kier molecular flexibility index (Phi) is 5.50. The van der Waals surface area contributed by atoms with Crippen molar-refractivity contribution in [1.82, 2.24) is 0 Å². The van der Waals surface area contributed by atoms with E-state index in [4.69, 9.17) is 5.73 Å². The number of nitrogens with one attached hydrogen (secondary N) is 1. The molecule has 0 aliphatic rings. The molecule has 0 saturated heterocycles. The maximum absolute atomic E-state index is 13.1. The van der Waals surface area contributed by atoms with Crippen LogP contribution in [0.3, 0.4) is 0 Å². The second-order valence-electron chi connectivity index (χ2n) is 3.93. The quantitative estimate of drug-likeness (QED) is 0.910. The Bertz CT molecular complexity index is 678. The van der Waals surface area contributed by atoms with Gasteiger partial charge < -0.3 is 5.73 Å². The number of halogens is 2. The average molecular weight is 317 g/mol. The fourth-order valence-electron chi connectivity index (χ4n) is 1.69. The van der Waals surface area contributed by atoms with Gasteiger partial charge in [-0.05, 0) is 35.9 Å². The second kappa shape index (κ2) is 6.69. The molecule has 0 radical (unpaired) electrons. The molecule has 2 rings (SSSR count). The van der Waals surface area contributed by atoms with Gasteiger partial charge in [0.25, 0.3) is 10.0 Å². The van der Waals surface area contributed by atoms with E-state index in [-0.39, 0.29) is 29.4 Å². The van der Waals surface area contributed by atoms with Crippen molar-refractivity contribution in [2.45, 2.75) is 11.4 Å². The van der Waals surface area contributed by atoms with Gasteiger partial charge in [0.05, 0.1) is 4.90 Å². The van der Waals surface area contributed by atoms with Crippen molar-refractivity contribution in [2.24, 2.45) is 5.73 Å². The summed E-state index contributed by atoms with van der Waals surface area (Å²) >= 11 is 0. The van der Waals surface area contributed by atoms with Crippen LogP contribution >= 0.6 is 12.4 Å². The molecule has 20 heavy (non-hydrogen) atoms. The first-order chi connectivity index (χ1) is 9.03. The molecule has 0 aliphatic carbocycles. The SMILES string of the molecule is Cl.NCc1cc(F)ccc1S(=O)(=O)Nc1ccccc1. The number of hydrogen-bond acceptors (Lipinski definition) is 3. The van der Waals surface area contributed by atoms with Gasteiger partial charge >= 0.3 is 0 Å². The molecule has 4 nitrogen and oxygen atoms in total. The Morgan fingerprint density at radius 2 is 1.75 bits per heavy atom. The van der Waals surface area contributed by atoms with Gasteiger partial charge in [-0.1, -0.05) is 18.2 Å². The lowest BCUT2D eigenvalue weighted by Gasteiger charge is -2.11. The van der Waals surface area contributed by atoms with E-state index in [0.29, 0.717) is 5.69 Å². The Morgan fingerprint density at radius 3 is 2.35 bits per heavy atom. The second-order valence-corrected chi connectivity index (χ2v) is 5.58. The summed E-state index contributed by atoms with van der Waals surface area (Å²) in [6.45, 7) is -0.0528. The van der Waals surface area contributed by atoms with Crippen molar-refractivity contribution in [2.75, 3.05) is 4.72 Å². The van der Waals surface area contributed by atoms with E-state index in [1.54, 1.807) is 30.3 Å². The number of nitrogens with two attached hydrogens (primary N) is 1. The molecule has 3 N–H and O–H groups in total. The van der Waals surface area contributed by atoms with Gasteiger partial charge in [-0.25, -0.2) is 12.8 Å². The lowest BCUT2D eigenvalue weighted by atomic mass is 10.2. The minimum Gasteiger partial charge on any atom is -0.326 e. The summed E-state index contributed by atoms with van der Waals surface area (Å²) in [4.78, 5) is -0.0137. The minimum atomic E-state index is -3.77. The minimum absolute atomic E-state index is 0. The standard InChI is InChI=1S/C13H13FN2O2S.ClH/c14-11-6-7-13(10(8-11)9-15)19(17,18)16-12-4-2-1-3-5-12;/h1-8,16H,9,15H2;1H. The summed E-state index contributed by atoms with van der Waals surface area (Å²) in [7, 11) is -3.77. The fourth-order valence-corrected chi connectivity index (χ4v) is 2.98. The summed E-state index contributed by atoms with van der Waals surface area (Å²) in [6, 6.07) is 11.9. The zero-order chi connectivity index (χ0) is 13.9. The molecule has 2 aromatic rings. The summed E-state index contributed by atoms with van der Waals surface area (Å²) in [5, 5.41) is 0. The van der Waals surface area contributed by atoms with Gasteiger partial charge in [0, 0.05) is 12.2 Å². The van der Waals surface area contributed by atoms with E-state index < -0.39 is 15.8 Å². The first-order valence-electron chi connectivity index (χ1n) is 5.59. The largest absolute Gasteiger partial charge is 0.326 e. The number of benzene rings is 2. The van der Waals surface area contributed by atoms with Crippen LogP contribution in [0.2, 0.25) is 0 Å². The molecule has 0 aromatic heterocycles. The van der Waals surface area contributed by atoms with Crippen molar-refractivity contribution in [1.29, 1.82) is 0 Å². The van der Waals surface area contributed by atoms with Gasteiger partial charge in [0.1, 0.15) is 5.82 Å². The van der Waals surface area contributed by atoms with Crippen LogP contribution < -0.4 is 10.5 Å². The van der Waals surface area contributed by atoms with Crippen molar-refractivity contribution >= 4 is 28.1 Å². The Balaban J connectivity index is 0.00000200. The molecule has 0 unspecified atom stereocenters. The zero-order valence-electron chi connectivity index (χ0n) is 10.4. The Hall–Kier alpha value is -1.63. The molecule has 2 aromatic carbocycles. The molecule has 0 amide bonds. The topological polar surface area (TPSA) is 72.2 Å². The highest BCUT2D eigenvalue weighted by Crippen LogP contribution is 2.20. The van der Waals surface area contributed by atoms with E-state index in [1.807, 2.05) is 0 Å². The first kappa shape index (κ1) is 16.4. The average Bonchev–Trinajstić information content (AvgIpc) is 2.38. The number of rotatable bonds is 4. The van der Waals surface area contributed by atoms with Crippen molar-refractivity contribution in [3.63, 3.8) is 0 Å². The van der Waals surface area contributed by atoms with Crippen LogP contribution in [0.5, 0.6) is 0 Å². The molecule has 108 valence electrons. The molecule has 0 bridgehead atoms. The maximum atomic E-state index is 13.1. The van der Waals surface area contributed by atoms with Crippen molar-refractivity contribution < 1.29 is 12.8 Å². The third kappa shape index (κ3) is 3.69. The van der Waals surface area contributed by atoms with Crippen LogP contribution in [0.1, 0.15) is 5.56 Å². The number of sulfonamides is 1.